The van der Waals surface area contributed by atoms with Crippen LogP contribution in [0.25, 0.3) is 0 Å². The summed E-state index contributed by atoms with van der Waals surface area (Å²) in [5.41, 5.74) is 0.510. The molecule has 1 aliphatic rings. The number of carbonyl (C=O) groups excluding carboxylic acids is 1. The second-order valence-electron chi connectivity index (χ2n) is 5.17. The number of amides is 1. The van der Waals surface area contributed by atoms with E-state index in [9.17, 15) is 9.18 Å². The van der Waals surface area contributed by atoms with Gasteiger partial charge in [-0.2, -0.15) is 0 Å². The van der Waals surface area contributed by atoms with E-state index in [2.05, 4.69) is 11.4 Å². The molecule has 4 heteroatoms. The molecule has 3 rings (SSSR count). The van der Waals surface area contributed by atoms with Crippen molar-refractivity contribution in [3.63, 3.8) is 0 Å². The summed E-state index contributed by atoms with van der Waals surface area (Å²) in [6.07, 6.45) is 2.57. The van der Waals surface area contributed by atoms with Crippen molar-refractivity contribution in [2.24, 2.45) is 0 Å². The van der Waals surface area contributed by atoms with Crippen LogP contribution in [0.2, 0.25) is 0 Å². The summed E-state index contributed by atoms with van der Waals surface area (Å²) in [7, 11) is 0. The highest BCUT2D eigenvalue weighted by molar-refractivity contribution is 7.09. The van der Waals surface area contributed by atoms with E-state index in [0.29, 0.717) is 6.54 Å². The maximum absolute atomic E-state index is 13.0. The first-order valence-electron chi connectivity index (χ1n) is 6.77. The molecule has 1 heterocycles. The molecule has 1 N–H and O–H groups in total. The lowest BCUT2D eigenvalue weighted by Crippen LogP contribution is -2.35. The number of carbonyl (C=O) groups is 1. The normalized spacial score (nSPS) is 15.8. The van der Waals surface area contributed by atoms with Gasteiger partial charge >= 0.3 is 0 Å². The highest BCUT2D eigenvalue weighted by Gasteiger charge is 2.50. The van der Waals surface area contributed by atoms with Crippen LogP contribution in [0.3, 0.4) is 0 Å². The quantitative estimate of drug-likeness (QED) is 0.899. The van der Waals surface area contributed by atoms with Gasteiger partial charge in [0.2, 0.25) is 5.91 Å². The molecule has 1 aromatic heterocycles. The largest absolute Gasteiger partial charge is 0.355 e. The Morgan fingerprint density at radius 3 is 2.60 bits per heavy atom. The smallest absolute Gasteiger partial charge is 0.230 e. The van der Waals surface area contributed by atoms with Gasteiger partial charge in [-0.3, -0.25) is 4.79 Å². The summed E-state index contributed by atoms with van der Waals surface area (Å²) in [4.78, 5) is 13.6. The molecule has 0 aliphatic heterocycles. The van der Waals surface area contributed by atoms with Gasteiger partial charge in [0.15, 0.2) is 0 Å². The summed E-state index contributed by atoms with van der Waals surface area (Å²) >= 11 is 1.70. The van der Waals surface area contributed by atoms with Crippen molar-refractivity contribution >= 4 is 17.2 Å². The van der Waals surface area contributed by atoms with Crippen LogP contribution in [-0.2, 0) is 16.6 Å². The van der Waals surface area contributed by atoms with E-state index >= 15 is 0 Å². The molecule has 0 saturated heterocycles. The minimum atomic E-state index is -0.414. The molecular weight excluding hydrogens is 273 g/mol. The summed E-state index contributed by atoms with van der Waals surface area (Å²) in [6.45, 7) is 0.655. The third kappa shape index (κ3) is 2.61. The summed E-state index contributed by atoms with van der Waals surface area (Å²) < 4.78 is 13.0. The lowest BCUT2D eigenvalue weighted by molar-refractivity contribution is -0.123. The lowest BCUT2D eigenvalue weighted by Gasteiger charge is -2.15. The molecule has 1 fully saturated rings. The van der Waals surface area contributed by atoms with Gasteiger partial charge in [-0.05, 0) is 48.4 Å². The van der Waals surface area contributed by atoms with Crippen molar-refractivity contribution in [1.29, 1.82) is 0 Å². The maximum Gasteiger partial charge on any atom is 0.230 e. The Labute approximate surface area is 121 Å². The van der Waals surface area contributed by atoms with Crippen LogP contribution in [-0.4, -0.2) is 12.5 Å². The molecule has 2 aromatic rings. The summed E-state index contributed by atoms with van der Waals surface area (Å²) in [6, 6.07) is 10.4. The number of rotatable bonds is 5. The van der Waals surface area contributed by atoms with Gasteiger partial charge in [0.25, 0.3) is 0 Å². The van der Waals surface area contributed by atoms with Gasteiger partial charge in [0, 0.05) is 11.4 Å². The van der Waals surface area contributed by atoms with Crippen LogP contribution >= 0.6 is 11.3 Å². The van der Waals surface area contributed by atoms with E-state index in [-0.39, 0.29) is 11.7 Å². The Bertz CT molecular complexity index is 587. The predicted octanol–water partition coefficient (Wildman–Crippen LogP) is 3.28. The third-order valence-corrected chi connectivity index (χ3v) is 4.75. The Kier molecular flexibility index (Phi) is 3.57. The number of nitrogens with one attached hydrogen (secondary N) is 1. The third-order valence-electron chi connectivity index (χ3n) is 3.82. The molecule has 0 spiro atoms. The van der Waals surface area contributed by atoms with E-state index in [1.165, 1.54) is 17.0 Å². The highest BCUT2D eigenvalue weighted by atomic mass is 32.1. The van der Waals surface area contributed by atoms with Crippen molar-refractivity contribution < 1.29 is 9.18 Å². The van der Waals surface area contributed by atoms with Crippen LogP contribution in [0.1, 0.15) is 23.3 Å². The van der Waals surface area contributed by atoms with E-state index in [0.717, 1.165) is 24.8 Å². The van der Waals surface area contributed by atoms with Crippen LogP contribution in [0.5, 0.6) is 0 Å². The molecule has 0 atom stereocenters. The minimum absolute atomic E-state index is 0.0701. The maximum atomic E-state index is 13.0. The summed E-state index contributed by atoms with van der Waals surface area (Å²) in [5, 5.41) is 5.05. The number of thiophene rings is 1. The van der Waals surface area contributed by atoms with Crippen molar-refractivity contribution in [2.45, 2.75) is 24.7 Å². The highest BCUT2D eigenvalue weighted by Crippen LogP contribution is 2.48. The molecule has 20 heavy (non-hydrogen) atoms. The second-order valence-corrected chi connectivity index (χ2v) is 6.21. The fraction of sp³-hybridized carbons (Fsp3) is 0.312. The Balaban J connectivity index is 1.60. The minimum Gasteiger partial charge on any atom is -0.355 e. The zero-order chi connectivity index (χ0) is 14.0. The predicted molar refractivity (Wildman–Crippen MR) is 78.3 cm³/mol. The molecule has 0 bridgehead atoms. The summed E-state index contributed by atoms with van der Waals surface area (Å²) in [5.74, 6) is -0.191. The Morgan fingerprint density at radius 2 is 2.00 bits per heavy atom. The molecule has 1 amide bonds. The van der Waals surface area contributed by atoms with E-state index in [1.54, 1.807) is 23.5 Å². The van der Waals surface area contributed by atoms with E-state index in [1.807, 2.05) is 11.4 Å². The first-order chi connectivity index (χ1) is 9.71. The fourth-order valence-electron chi connectivity index (χ4n) is 2.46. The van der Waals surface area contributed by atoms with Crippen LogP contribution in [0.4, 0.5) is 4.39 Å². The van der Waals surface area contributed by atoms with Gasteiger partial charge in [0.1, 0.15) is 5.82 Å². The molecular formula is C16H16FNOS. The van der Waals surface area contributed by atoms with Crippen molar-refractivity contribution in [1.82, 2.24) is 5.32 Å². The second kappa shape index (κ2) is 5.37. The van der Waals surface area contributed by atoms with E-state index in [4.69, 9.17) is 0 Å². The SMILES string of the molecule is O=C(NCCc1cccs1)C1(c2ccc(F)cc2)CC1. The number of halogens is 1. The van der Waals surface area contributed by atoms with Gasteiger partial charge in [-0.1, -0.05) is 18.2 Å². The van der Waals surface area contributed by atoms with Crippen molar-refractivity contribution in [3.8, 4) is 0 Å². The van der Waals surface area contributed by atoms with Gasteiger partial charge in [-0.25, -0.2) is 4.39 Å². The number of hydrogen-bond acceptors (Lipinski definition) is 2. The topological polar surface area (TPSA) is 29.1 Å². The monoisotopic (exact) mass is 289 g/mol. The van der Waals surface area contributed by atoms with Crippen LogP contribution in [0, 0.1) is 5.82 Å². The van der Waals surface area contributed by atoms with Gasteiger partial charge in [0.05, 0.1) is 5.41 Å². The van der Waals surface area contributed by atoms with Crippen LogP contribution in [0.15, 0.2) is 41.8 Å². The standard InChI is InChI=1S/C16H16FNOS/c17-13-5-3-12(4-6-13)16(8-9-16)15(19)18-10-7-14-2-1-11-20-14/h1-6,11H,7-10H2,(H,18,19). The first kappa shape index (κ1) is 13.3. The molecule has 1 saturated carbocycles. The van der Waals surface area contributed by atoms with Crippen molar-refractivity contribution in [3.05, 3.63) is 58.0 Å². The van der Waals surface area contributed by atoms with Crippen molar-refractivity contribution in [2.75, 3.05) is 6.54 Å². The molecule has 0 unspecified atom stereocenters. The lowest BCUT2D eigenvalue weighted by atomic mass is 9.95. The fourth-order valence-corrected chi connectivity index (χ4v) is 3.17. The molecule has 1 aromatic carbocycles. The molecule has 2 nitrogen and oxygen atoms in total. The zero-order valence-electron chi connectivity index (χ0n) is 11.1. The van der Waals surface area contributed by atoms with Crippen LogP contribution < -0.4 is 5.32 Å². The Hall–Kier alpha value is -1.68. The van der Waals surface area contributed by atoms with E-state index < -0.39 is 5.41 Å². The average Bonchev–Trinajstić information content (AvgIpc) is 3.10. The Morgan fingerprint density at radius 1 is 1.25 bits per heavy atom. The molecule has 0 radical (unpaired) electrons. The number of benzene rings is 1. The molecule has 1 aliphatic carbocycles. The zero-order valence-corrected chi connectivity index (χ0v) is 11.9. The molecule has 104 valence electrons. The van der Waals surface area contributed by atoms with Gasteiger partial charge < -0.3 is 5.32 Å². The number of hydrogen-bond donors (Lipinski definition) is 1. The van der Waals surface area contributed by atoms with Gasteiger partial charge in [-0.15, -0.1) is 11.3 Å². The average molecular weight is 289 g/mol. The first-order valence-corrected chi connectivity index (χ1v) is 7.65.